The van der Waals surface area contributed by atoms with E-state index >= 15 is 0 Å². The molecule has 100 valence electrons. The van der Waals surface area contributed by atoms with Crippen LogP contribution in [-0.2, 0) is 0 Å². The third-order valence-corrected chi connectivity index (χ3v) is 4.01. The molecule has 1 unspecified atom stereocenters. The van der Waals surface area contributed by atoms with Crippen LogP contribution in [0.2, 0.25) is 5.02 Å². The smallest absolute Gasteiger partial charge is 0.0908 e. The molecule has 1 aromatic carbocycles. The molecule has 1 aromatic heterocycles. The van der Waals surface area contributed by atoms with Crippen molar-refractivity contribution >= 4 is 28.2 Å². The van der Waals surface area contributed by atoms with Gasteiger partial charge in [0.15, 0.2) is 0 Å². The van der Waals surface area contributed by atoms with Crippen molar-refractivity contribution in [3.8, 4) is 0 Å². The summed E-state index contributed by atoms with van der Waals surface area (Å²) in [6.07, 6.45) is 4.35. The highest BCUT2D eigenvalue weighted by atomic mass is 35.5. The Balaban J connectivity index is 1.79. The monoisotopic (exact) mass is 275 g/mol. The maximum atomic E-state index is 6.18. The highest BCUT2D eigenvalue weighted by Gasteiger charge is 2.13. The lowest BCUT2D eigenvalue weighted by molar-refractivity contribution is 0.393. The molecule has 1 aliphatic rings. The molecule has 2 aromatic rings. The minimum absolute atomic E-state index is 0.705. The first-order valence-electron chi connectivity index (χ1n) is 6.82. The van der Waals surface area contributed by atoms with Crippen LogP contribution in [0.25, 0.3) is 10.9 Å². The van der Waals surface area contributed by atoms with Crippen LogP contribution in [0.4, 0.5) is 5.69 Å². The number of halogens is 1. The second-order valence-electron chi connectivity index (χ2n) is 5.09. The van der Waals surface area contributed by atoms with E-state index in [2.05, 4.69) is 21.7 Å². The van der Waals surface area contributed by atoms with Crippen LogP contribution in [0.1, 0.15) is 12.8 Å². The summed E-state index contributed by atoms with van der Waals surface area (Å²) < 4.78 is 0. The number of hydrogen-bond acceptors (Lipinski definition) is 3. The molecule has 4 heteroatoms. The summed E-state index contributed by atoms with van der Waals surface area (Å²) in [5, 5.41) is 8.79. The Hall–Kier alpha value is -1.32. The number of anilines is 1. The van der Waals surface area contributed by atoms with Crippen molar-refractivity contribution in [3.05, 3.63) is 35.5 Å². The molecule has 1 fully saturated rings. The number of benzene rings is 1. The zero-order valence-electron chi connectivity index (χ0n) is 10.8. The highest BCUT2D eigenvalue weighted by molar-refractivity contribution is 6.35. The van der Waals surface area contributed by atoms with Gasteiger partial charge < -0.3 is 10.6 Å². The van der Waals surface area contributed by atoms with Crippen molar-refractivity contribution in [1.82, 2.24) is 10.3 Å². The first kappa shape index (κ1) is 12.7. The van der Waals surface area contributed by atoms with E-state index in [0.717, 1.165) is 36.2 Å². The predicted molar refractivity (Wildman–Crippen MR) is 80.8 cm³/mol. The third-order valence-electron chi connectivity index (χ3n) is 3.70. The lowest BCUT2D eigenvalue weighted by atomic mass is 9.99. The quantitative estimate of drug-likeness (QED) is 0.902. The molecule has 2 N–H and O–H groups in total. The van der Waals surface area contributed by atoms with Crippen molar-refractivity contribution in [2.75, 3.05) is 25.0 Å². The van der Waals surface area contributed by atoms with Gasteiger partial charge in [0.25, 0.3) is 0 Å². The Morgan fingerprint density at radius 3 is 3.16 bits per heavy atom. The van der Waals surface area contributed by atoms with Crippen molar-refractivity contribution in [2.45, 2.75) is 12.8 Å². The van der Waals surface area contributed by atoms with E-state index < -0.39 is 0 Å². The van der Waals surface area contributed by atoms with Gasteiger partial charge in [0.1, 0.15) is 0 Å². The third kappa shape index (κ3) is 2.82. The van der Waals surface area contributed by atoms with Gasteiger partial charge in [0, 0.05) is 23.8 Å². The molecule has 1 atom stereocenters. The van der Waals surface area contributed by atoms with Gasteiger partial charge in [-0.2, -0.15) is 0 Å². The molecule has 0 amide bonds. The maximum absolute atomic E-state index is 6.18. The second-order valence-corrected chi connectivity index (χ2v) is 5.49. The van der Waals surface area contributed by atoms with Crippen LogP contribution in [0.5, 0.6) is 0 Å². The summed E-state index contributed by atoms with van der Waals surface area (Å²) in [5.74, 6) is 0.705. The average Bonchev–Trinajstić information content (AvgIpc) is 2.48. The number of nitrogens with one attached hydrogen (secondary N) is 2. The SMILES string of the molecule is Clc1ccc(NCC2CCCNC2)c2cccnc12. The number of pyridine rings is 1. The van der Waals surface area contributed by atoms with Gasteiger partial charge in [0.05, 0.1) is 10.5 Å². The topological polar surface area (TPSA) is 37.0 Å². The molecule has 3 nitrogen and oxygen atoms in total. The molecule has 1 aliphatic heterocycles. The first-order valence-corrected chi connectivity index (χ1v) is 7.20. The van der Waals surface area contributed by atoms with Crippen molar-refractivity contribution in [3.63, 3.8) is 0 Å². The van der Waals surface area contributed by atoms with E-state index in [1.54, 1.807) is 6.20 Å². The van der Waals surface area contributed by atoms with E-state index in [-0.39, 0.29) is 0 Å². The standard InChI is InChI=1S/C15H18ClN3/c16-13-5-6-14(12-4-2-8-18-15(12)13)19-10-11-3-1-7-17-9-11/h2,4-6,8,11,17,19H,1,3,7,9-10H2. The predicted octanol–water partition coefficient (Wildman–Crippen LogP) is 3.30. The summed E-state index contributed by atoms with van der Waals surface area (Å²) in [6.45, 7) is 3.26. The van der Waals surface area contributed by atoms with Gasteiger partial charge >= 0.3 is 0 Å². The molecular weight excluding hydrogens is 258 g/mol. The molecule has 0 spiro atoms. The molecule has 0 radical (unpaired) electrons. The van der Waals surface area contributed by atoms with Gasteiger partial charge in [-0.05, 0) is 56.1 Å². The number of piperidine rings is 1. The van der Waals surface area contributed by atoms with Crippen LogP contribution in [-0.4, -0.2) is 24.6 Å². The Morgan fingerprint density at radius 2 is 2.32 bits per heavy atom. The second kappa shape index (κ2) is 5.76. The van der Waals surface area contributed by atoms with Gasteiger partial charge in [-0.15, -0.1) is 0 Å². The number of hydrogen-bond donors (Lipinski definition) is 2. The van der Waals surface area contributed by atoms with E-state index in [4.69, 9.17) is 11.6 Å². The number of nitrogens with zero attached hydrogens (tertiary/aromatic N) is 1. The molecule has 3 rings (SSSR count). The Kier molecular flexibility index (Phi) is 3.85. The van der Waals surface area contributed by atoms with Crippen molar-refractivity contribution in [1.29, 1.82) is 0 Å². The summed E-state index contributed by atoms with van der Waals surface area (Å²) >= 11 is 6.18. The van der Waals surface area contributed by atoms with Gasteiger partial charge in [0.2, 0.25) is 0 Å². The fourth-order valence-corrected chi connectivity index (χ4v) is 2.86. The summed E-state index contributed by atoms with van der Waals surface area (Å²) in [5.41, 5.74) is 1.99. The highest BCUT2D eigenvalue weighted by Crippen LogP contribution is 2.28. The van der Waals surface area contributed by atoms with Crippen LogP contribution in [0.3, 0.4) is 0 Å². The molecule has 0 aliphatic carbocycles. The lowest BCUT2D eigenvalue weighted by Crippen LogP contribution is -2.33. The molecule has 2 heterocycles. The van der Waals surface area contributed by atoms with E-state index in [1.807, 2.05) is 18.2 Å². The van der Waals surface area contributed by atoms with Crippen molar-refractivity contribution < 1.29 is 0 Å². The lowest BCUT2D eigenvalue weighted by Gasteiger charge is -2.23. The molecule has 0 bridgehead atoms. The minimum atomic E-state index is 0.705. The summed E-state index contributed by atoms with van der Waals surface area (Å²) in [6, 6.07) is 7.97. The fraction of sp³-hybridized carbons (Fsp3) is 0.400. The zero-order valence-corrected chi connectivity index (χ0v) is 11.6. The molecular formula is C15H18ClN3. The Labute approximate surface area is 118 Å². The van der Waals surface area contributed by atoms with Gasteiger partial charge in [-0.25, -0.2) is 0 Å². The average molecular weight is 276 g/mol. The van der Waals surface area contributed by atoms with Crippen LogP contribution in [0.15, 0.2) is 30.5 Å². The van der Waals surface area contributed by atoms with E-state index in [9.17, 15) is 0 Å². The molecule has 0 saturated carbocycles. The Bertz CT molecular complexity index is 564. The largest absolute Gasteiger partial charge is 0.384 e. The van der Waals surface area contributed by atoms with E-state index in [0.29, 0.717) is 10.9 Å². The fourth-order valence-electron chi connectivity index (χ4n) is 2.64. The van der Waals surface area contributed by atoms with Crippen LogP contribution in [0, 0.1) is 5.92 Å². The minimum Gasteiger partial charge on any atom is -0.384 e. The number of fused-ring (bicyclic) bond motifs is 1. The Morgan fingerprint density at radius 1 is 1.37 bits per heavy atom. The normalized spacial score (nSPS) is 19.5. The zero-order chi connectivity index (χ0) is 13.1. The van der Waals surface area contributed by atoms with Crippen molar-refractivity contribution in [2.24, 2.45) is 5.92 Å². The summed E-state index contributed by atoms with van der Waals surface area (Å²) in [7, 11) is 0. The van der Waals surface area contributed by atoms with E-state index in [1.165, 1.54) is 12.8 Å². The molecule has 1 saturated heterocycles. The number of aromatic nitrogens is 1. The van der Waals surface area contributed by atoms with Crippen LogP contribution < -0.4 is 10.6 Å². The maximum Gasteiger partial charge on any atom is 0.0908 e. The molecule has 19 heavy (non-hydrogen) atoms. The van der Waals surface area contributed by atoms with Gasteiger partial charge in [-0.1, -0.05) is 11.6 Å². The summed E-state index contributed by atoms with van der Waals surface area (Å²) in [4.78, 5) is 4.35. The number of rotatable bonds is 3. The first-order chi connectivity index (χ1) is 9.34. The van der Waals surface area contributed by atoms with Gasteiger partial charge in [-0.3, -0.25) is 4.98 Å². The van der Waals surface area contributed by atoms with Crippen LogP contribution >= 0.6 is 11.6 Å².